The van der Waals surface area contributed by atoms with Crippen molar-refractivity contribution in [2.45, 2.75) is 44.5 Å². The number of hydrogen-bond donors (Lipinski definition) is 0. The smallest absolute Gasteiger partial charge is 0.264 e. The predicted octanol–water partition coefficient (Wildman–Crippen LogP) is 1.64. The average Bonchev–Trinajstić information content (AvgIpc) is 2.89. The predicted molar refractivity (Wildman–Crippen MR) is 88.5 cm³/mol. The van der Waals surface area contributed by atoms with Gasteiger partial charge in [0.1, 0.15) is 5.75 Å². The molecule has 0 bridgehead atoms. The SMILES string of the molecule is Cc1cc2c(cc1C)O[C@H](C(=O)N1CCC[C@@H](S(C)(=O)=O)C1)C2. The van der Waals surface area contributed by atoms with E-state index in [2.05, 4.69) is 6.07 Å². The topological polar surface area (TPSA) is 63.7 Å². The van der Waals surface area contributed by atoms with Gasteiger partial charge in [-0.2, -0.15) is 0 Å². The van der Waals surface area contributed by atoms with Crippen LogP contribution in [-0.4, -0.2) is 49.9 Å². The zero-order chi connectivity index (χ0) is 16.8. The first kappa shape index (κ1) is 16.3. The number of carbonyl (C=O) groups excluding carboxylic acids is 1. The number of benzene rings is 1. The van der Waals surface area contributed by atoms with E-state index in [9.17, 15) is 13.2 Å². The zero-order valence-electron chi connectivity index (χ0n) is 13.8. The van der Waals surface area contributed by atoms with E-state index >= 15 is 0 Å². The summed E-state index contributed by atoms with van der Waals surface area (Å²) in [4.78, 5) is 14.4. The molecule has 1 amide bonds. The molecule has 2 aliphatic rings. The number of piperidine rings is 1. The van der Waals surface area contributed by atoms with Gasteiger partial charge in [-0.05, 0) is 49.4 Å². The summed E-state index contributed by atoms with van der Waals surface area (Å²) in [7, 11) is -3.12. The molecule has 0 N–H and O–H groups in total. The second kappa shape index (κ2) is 5.82. The van der Waals surface area contributed by atoms with Crippen LogP contribution < -0.4 is 4.74 Å². The highest BCUT2D eigenvalue weighted by atomic mass is 32.2. The minimum absolute atomic E-state index is 0.0927. The second-order valence-corrected chi connectivity index (χ2v) is 9.06. The average molecular weight is 337 g/mol. The van der Waals surface area contributed by atoms with Crippen molar-refractivity contribution in [1.82, 2.24) is 4.90 Å². The van der Waals surface area contributed by atoms with Crippen molar-refractivity contribution in [3.8, 4) is 5.75 Å². The van der Waals surface area contributed by atoms with Gasteiger partial charge in [-0.15, -0.1) is 0 Å². The van der Waals surface area contributed by atoms with E-state index in [4.69, 9.17) is 4.74 Å². The summed E-state index contributed by atoms with van der Waals surface area (Å²) in [6.45, 7) is 4.96. The molecule has 0 radical (unpaired) electrons. The highest BCUT2D eigenvalue weighted by Gasteiger charge is 2.36. The Labute approximate surface area is 137 Å². The van der Waals surface area contributed by atoms with Crippen LogP contribution in [0.2, 0.25) is 0 Å². The summed E-state index contributed by atoms with van der Waals surface area (Å²) in [5.74, 6) is 0.688. The Balaban J connectivity index is 1.72. The molecule has 0 unspecified atom stereocenters. The van der Waals surface area contributed by atoms with Crippen molar-refractivity contribution in [2.75, 3.05) is 19.3 Å². The van der Waals surface area contributed by atoms with Gasteiger partial charge < -0.3 is 9.64 Å². The molecule has 3 rings (SSSR count). The molecule has 23 heavy (non-hydrogen) atoms. The Kier molecular flexibility index (Phi) is 4.12. The number of carbonyl (C=O) groups is 1. The van der Waals surface area contributed by atoms with Crippen LogP contribution in [0.4, 0.5) is 0 Å². The molecule has 0 spiro atoms. The Hall–Kier alpha value is -1.56. The van der Waals surface area contributed by atoms with Gasteiger partial charge in [-0.25, -0.2) is 8.42 Å². The number of nitrogens with zero attached hydrogens (tertiary/aromatic N) is 1. The van der Waals surface area contributed by atoms with Gasteiger partial charge in [0.2, 0.25) is 0 Å². The summed E-state index contributed by atoms with van der Waals surface area (Å²) in [5.41, 5.74) is 3.39. The number of sulfone groups is 1. The Morgan fingerprint density at radius 1 is 1.26 bits per heavy atom. The summed E-state index contributed by atoms with van der Waals surface area (Å²) in [5, 5.41) is -0.450. The molecule has 6 heteroatoms. The molecule has 2 heterocycles. The van der Waals surface area contributed by atoms with Crippen LogP contribution >= 0.6 is 0 Å². The minimum Gasteiger partial charge on any atom is -0.480 e. The largest absolute Gasteiger partial charge is 0.480 e. The number of likely N-dealkylation sites (tertiary alicyclic amines) is 1. The Bertz CT molecular complexity index is 710. The van der Waals surface area contributed by atoms with E-state index in [0.29, 0.717) is 19.4 Å². The van der Waals surface area contributed by atoms with Crippen molar-refractivity contribution in [3.63, 3.8) is 0 Å². The Morgan fingerprint density at radius 3 is 2.65 bits per heavy atom. The second-order valence-electron chi connectivity index (χ2n) is 6.73. The Morgan fingerprint density at radius 2 is 1.96 bits per heavy atom. The van der Waals surface area contributed by atoms with Gasteiger partial charge >= 0.3 is 0 Å². The van der Waals surface area contributed by atoms with Crippen LogP contribution in [-0.2, 0) is 21.1 Å². The first-order chi connectivity index (χ1) is 10.8. The third-order valence-electron chi connectivity index (χ3n) is 4.92. The standard InChI is InChI=1S/C17H23NO4S/c1-11-7-13-9-16(22-15(13)8-12(11)2)17(19)18-6-4-5-14(10-18)23(3,20)21/h7-8,14,16H,4-6,9-10H2,1-3H3/t14-,16+/m1/s1. The van der Waals surface area contributed by atoms with Crippen LogP contribution in [0, 0.1) is 13.8 Å². The maximum absolute atomic E-state index is 12.7. The van der Waals surface area contributed by atoms with E-state index in [-0.39, 0.29) is 12.5 Å². The molecule has 0 saturated carbocycles. The number of aryl methyl sites for hydroxylation is 2. The molecule has 0 aromatic heterocycles. The van der Waals surface area contributed by atoms with Crippen LogP contribution in [0.3, 0.4) is 0 Å². The molecule has 0 aliphatic carbocycles. The van der Waals surface area contributed by atoms with Crippen LogP contribution in [0.5, 0.6) is 5.75 Å². The van der Waals surface area contributed by atoms with Gasteiger partial charge in [-0.1, -0.05) is 6.07 Å². The number of amides is 1. The fourth-order valence-corrected chi connectivity index (χ4v) is 4.39. The van der Waals surface area contributed by atoms with Crippen molar-refractivity contribution >= 4 is 15.7 Å². The van der Waals surface area contributed by atoms with Crippen LogP contribution in [0.15, 0.2) is 12.1 Å². The number of rotatable bonds is 2. The summed E-state index contributed by atoms with van der Waals surface area (Å²) in [6, 6.07) is 4.06. The lowest BCUT2D eigenvalue weighted by Crippen LogP contribution is -2.49. The van der Waals surface area contributed by atoms with Crippen molar-refractivity contribution in [2.24, 2.45) is 0 Å². The summed E-state index contributed by atoms with van der Waals surface area (Å²) >= 11 is 0. The molecular weight excluding hydrogens is 314 g/mol. The van der Waals surface area contributed by atoms with E-state index in [1.165, 1.54) is 11.8 Å². The summed E-state index contributed by atoms with van der Waals surface area (Å²) < 4.78 is 29.4. The van der Waals surface area contributed by atoms with Crippen molar-refractivity contribution in [1.29, 1.82) is 0 Å². The van der Waals surface area contributed by atoms with Crippen molar-refractivity contribution < 1.29 is 17.9 Å². The minimum atomic E-state index is -3.12. The maximum Gasteiger partial charge on any atom is 0.264 e. The fraction of sp³-hybridized carbons (Fsp3) is 0.588. The summed E-state index contributed by atoms with van der Waals surface area (Å²) in [6.07, 6.45) is 2.65. The molecule has 5 nitrogen and oxygen atoms in total. The van der Waals surface area contributed by atoms with Gasteiger partial charge in [0.05, 0.1) is 5.25 Å². The molecule has 126 valence electrons. The lowest BCUT2D eigenvalue weighted by atomic mass is 10.0. The molecule has 1 saturated heterocycles. The fourth-order valence-electron chi connectivity index (χ4n) is 3.34. The monoisotopic (exact) mass is 337 g/mol. The van der Waals surface area contributed by atoms with Crippen molar-refractivity contribution in [3.05, 3.63) is 28.8 Å². The third kappa shape index (κ3) is 3.22. The molecule has 1 fully saturated rings. The number of hydrogen-bond acceptors (Lipinski definition) is 4. The number of ether oxygens (including phenoxy) is 1. The third-order valence-corrected chi connectivity index (χ3v) is 6.52. The highest BCUT2D eigenvalue weighted by molar-refractivity contribution is 7.91. The first-order valence-electron chi connectivity index (χ1n) is 8.00. The molecule has 1 aromatic carbocycles. The van der Waals surface area contributed by atoms with Gasteiger partial charge in [-0.3, -0.25) is 4.79 Å². The molecule has 2 atom stereocenters. The normalized spacial score (nSPS) is 24.2. The van der Waals surface area contributed by atoms with E-state index in [1.54, 1.807) is 4.90 Å². The van der Waals surface area contributed by atoms with E-state index in [0.717, 1.165) is 23.3 Å². The molecular formula is C17H23NO4S. The number of fused-ring (bicyclic) bond motifs is 1. The van der Waals surface area contributed by atoms with Crippen LogP contribution in [0.1, 0.15) is 29.5 Å². The highest BCUT2D eigenvalue weighted by Crippen LogP contribution is 2.32. The van der Waals surface area contributed by atoms with Crippen LogP contribution in [0.25, 0.3) is 0 Å². The lowest BCUT2D eigenvalue weighted by Gasteiger charge is -2.33. The van der Waals surface area contributed by atoms with E-state index < -0.39 is 21.2 Å². The lowest BCUT2D eigenvalue weighted by molar-refractivity contribution is -0.138. The molecule has 1 aromatic rings. The molecule has 2 aliphatic heterocycles. The quantitative estimate of drug-likeness (QED) is 0.823. The van der Waals surface area contributed by atoms with Gasteiger partial charge in [0.25, 0.3) is 5.91 Å². The van der Waals surface area contributed by atoms with Gasteiger partial charge in [0, 0.05) is 25.8 Å². The van der Waals surface area contributed by atoms with E-state index in [1.807, 2.05) is 19.9 Å². The zero-order valence-corrected chi connectivity index (χ0v) is 14.6. The maximum atomic E-state index is 12.7. The van der Waals surface area contributed by atoms with Gasteiger partial charge in [0.15, 0.2) is 15.9 Å². The first-order valence-corrected chi connectivity index (χ1v) is 9.95.